The van der Waals surface area contributed by atoms with Crippen molar-refractivity contribution in [3.63, 3.8) is 0 Å². The number of imide groups is 1. The van der Waals surface area contributed by atoms with E-state index in [1.54, 1.807) is 7.05 Å². The highest BCUT2D eigenvalue weighted by Crippen LogP contribution is 2.29. The molecule has 0 spiro atoms. The molecule has 2 aromatic rings. The van der Waals surface area contributed by atoms with Gasteiger partial charge in [0, 0.05) is 31.2 Å². The average Bonchev–Trinajstić information content (AvgIpc) is 2.86. The van der Waals surface area contributed by atoms with E-state index in [0.29, 0.717) is 17.1 Å². The number of carbonyl (C=O) groups is 2. The molecule has 1 aliphatic heterocycles. The summed E-state index contributed by atoms with van der Waals surface area (Å²) in [6.45, 7) is -0.675. The molecule has 2 aliphatic rings. The molecule has 11 heteroatoms. The molecule has 1 aromatic carbocycles. The molecule has 29 heavy (non-hydrogen) atoms. The molecule has 1 saturated heterocycles. The molecule has 2 amide bonds. The summed E-state index contributed by atoms with van der Waals surface area (Å²) in [6.07, 6.45) is 2.19. The minimum absolute atomic E-state index is 0. The van der Waals surface area contributed by atoms with Gasteiger partial charge >= 0.3 is 5.69 Å². The molecule has 1 unspecified atom stereocenters. The number of halogens is 2. The SMILES string of the molecule is Cl.Cl.Cn1c(=O)n(C2CCC(=O)N(CO)C2=O)c2ccc(N[C@H]3C[C@H](N)C3)cc21. The standard InChI is InChI=1S/C18H23N5O4.2ClH/c1-21-15-8-11(20-12-6-10(19)7-12)2-3-13(15)23(18(21)27)14-4-5-16(25)22(9-24)17(14)26;;/h2-3,8,10,12,14,20,24H,4-7,9,19H2,1H3;2*1H/t10-,12-,14?;;. The predicted octanol–water partition coefficient (Wildman–Crippen LogP) is 0.725. The first-order valence-corrected chi connectivity index (χ1v) is 9.09. The highest BCUT2D eigenvalue weighted by Gasteiger charge is 2.37. The number of nitrogens with one attached hydrogen (secondary N) is 1. The molecule has 9 nitrogen and oxygen atoms in total. The predicted molar refractivity (Wildman–Crippen MR) is 114 cm³/mol. The van der Waals surface area contributed by atoms with Crippen molar-refractivity contribution >= 4 is 53.3 Å². The number of piperidine rings is 1. The number of hydrogen-bond acceptors (Lipinski definition) is 6. The number of aromatic nitrogens is 2. The number of carbonyl (C=O) groups excluding carboxylic acids is 2. The molecule has 2 fully saturated rings. The van der Waals surface area contributed by atoms with E-state index in [0.717, 1.165) is 23.4 Å². The van der Waals surface area contributed by atoms with Crippen molar-refractivity contribution in [1.29, 1.82) is 0 Å². The number of rotatable bonds is 4. The van der Waals surface area contributed by atoms with Crippen LogP contribution in [0.25, 0.3) is 11.0 Å². The van der Waals surface area contributed by atoms with Gasteiger partial charge in [-0.3, -0.25) is 23.6 Å². The monoisotopic (exact) mass is 445 g/mol. The van der Waals surface area contributed by atoms with E-state index in [2.05, 4.69) is 5.32 Å². The number of benzene rings is 1. The number of imidazole rings is 1. The number of aliphatic hydroxyl groups excluding tert-OH is 1. The Hall–Kier alpha value is -2.07. The number of anilines is 1. The number of likely N-dealkylation sites (tertiary alicyclic amines) is 1. The number of fused-ring (bicyclic) bond motifs is 1. The van der Waals surface area contributed by atoms with Crippen molar-refractivity contribution in [2.45, 2.75) is 43.8 Å². The van der Waals surface area contributed by atoms with Crippen LogP contribution in [0.5, 0.6) is 0 Å². The highest BCUT2D eigenvalue weighted by atomic mass is 35.5. The van der Waals surface area contributed by atoms with Crippen molar-refractivity contribution in [3.8, 4) is 0 Å². The third-order valence-electron chi connectivity index (χ3n) is 5.57. The maximum absolute atomic E-state index is 12.8. The summed E-state index contributed by atoms with van der Waals surface area (Å²) in [5, 5.41) is 12.7. The molecule has 2 heterocycles. The van der Waals surface area contributed by atoms with Gasteiger partial charge in [-0.2, -0.15) is 0 Å². The summed E-state index contributed by atoms with van der Waals surface area (Å²) in [6, 6.07) is 5.36. The summed E-state index contributed by atoms with van der Waals surface area (Å²) in [4.78, 5) is 38.0. The molecule has 4 rings (SSSR count). The molecule has 0 radical (unpaired) electrons. The third kappa shape index (κ3) is 3.87. The average molecular weight is 446 g/mol. The summed E-state index contributed by atoms with van der Waals surface area (Å²) in [5.41, 5.74) is 7.73. The van der Waals surface area contributed by atoms with Gasteiger partial charge in [-0.25, -0.2) is 4.79 Å². The van der Waals surface area contributed by atoms with Crippen LogP contribution < -0.4 is 16.7 Å². The zero-order chi connectivity index (χ0) is 19.3. The van der Waals surface area contributed by atoms with Gasteiger partial charge in [-0.05, 0) is 37.5 Å². The van der Waals surface area contributed by atoms with Crippen LogP contribution in [-0.2, 0) is 16.6 Å². The van der Waals surface area contributed by atoms with Crippen LogP contribution in [0.1, 0.15) is 31.7 Å². The fraction of sp³-hybridized carbons (Fsp3) is 0.500. The Bertz CT molecular complexity index is 983. The smallest absolute Gasteiger partial charge is 0.329 e. The first-order valence-electron chi connectivity index (χ1n) is 9.09. The van der Waals surface area contributed by atoms with E-state index < -0.39 is 24.6 Å². The lowest BCUT2D eigenvalue weighted by atomic mass is 9.87. The number of amides is 2. The van der Waals surface area contributed by atoms with E-state index >= 15 is 0 Å². The van der Waals surface area contributed by atoms with Crippen LogP contribution in [0, 0.1) is 0 Å². The van der Waals surface area contributed by atoms with Crippen LogP contribution in [-0.4, -0.2) is 49.8 Å². The quantitative estimate of drug-likeness (QED) is 0.595. The van der Waals surface area contributed by atoms with Gasteiger partial charge in [0.05, 0.1) is 11.0 Å². The second-order valence-corrected chi connectivity index (χ2v) is 7.34. The second kappa shape index (κ2) is 8.74. The van der Waals surface area contributed by atoms with Gasteiger partial charge in [0.2, 0.25) is 5.91 Å². The Kier molecular flexibility index (Phi) is 7.00. The van der Waals surface area contributed by atoms with Gasteiger partial charge in [-0.1, -0.05) is 0 Å². The summed E-state index contributed by atoms with van der Waals surface area (Å²) in [7, 11) is 1.66. The Balaban J connectivity index is 0.00000150. The van der Waals surface area contributed by atoms with Crippen molar-refractivity contribution in [2.24, 2.45) is 12.8 Å². The topological polar surface area (TPSA) is 123 Å². The van der Waals surface area contributed by atoms with Crippen molar-refractivity contribution in [1.82, 2.24) is 14.0 Å². The van der Waals surface area contributed by atoms with Gasteiger partial charge < -0.3 is 16.2 Å². The van der Waals surface area contributed by atoms with Crippen molar-refractivity contribution in [2.75, 3.05) is 12.0 Å². The molecular formula is C18H25Cl2N5O4. The van der Waals surface area contributed by atoms with Crippen LogP contribution in [0.15, 0.2) is 23.0 Å². The van der Waals surface area contributed by atoms with E-state index in [1.165, 1.54) is 9.13 Å². The fourth-order valence-electron chi connectivity index (χ4n) is 3.98. The van der Waals surface area contributed by atoms with E-state index in [4.69, 9.17) is 5.73 Å². The van der Waals surface area contributed by atoms with Gasteiger partial charge in [0.1, 0.15) is 12.8 Å². The minimum Gasteiger partial charge on any atom is -0.382 e. The molecular weight excluding hydrogens is 421 g/mol. The lowest BCUT2D eigenvalue weighted by Gasteiger charge is -2.33. The van der Waals surface area contributed by atoms with Crippen LogP contribution >= 0.6 is 24.8 Å². The van der Waals surface area contributed by atoms with Gasteiger partial charge in [-0.15, -0.1) is 24.8 Å². The van der Waals surface area contributed by atoms with Crippen molar-refractivity contribution < 1.29 is 14.7 Å². The molecule has 4 N–H and O–H groups in total. The molecule has 1 saturated carbocycles. The second-order valence-electron chi connectivity index (χ2n) is 7.34. The van der Waals surface area contributed by atoms with E-state index in [-0.39, 0.29) is 49.4 Å². The van der Waals surface area contributed by atoms with Gasteiger partial charge in [0.15, 0.2) is 0 Å². The number of nitrogens with zero attached hydrogens (tertiary/aromatic N) is 3. The van der Waals surface area contributed by atoms with Crippen molar-refractivity contribution in [3.05, 3.63) is 28.7 Å². The third-order valence-corrected chi connectivity index (χ3v) is 5.57. The minimum atomic E-state index is -0.797. The first-order chi connectivity index (χ1) is 12.9. The van der Waals surface area contributed by atoms with Crippen LogP contribution in [0.2, 0.25) is 0 Å². The first kappa shape index (κ1) is 23.2. The molecule has 0 bridgehead atoms. The molecule has 1 aliphatic carbocycles. The zero-order valence-electron chi connectivity index (χ0n) is 15.9. The van der Waals surface area contributed by atoms with Crippen LogP contribution in [0.3, 0.4) is 0 Å². The number of aryl methyl sites for hydroxylation is 1. The fourth-order valence-corrected chi connectivity index (χ4v) is 3.98. The number of nitrogens with two attached hydrogens (primary N) is 1. The lowest BCUT2D eigenvalue weighted by Crippen LogP contribution is -2.48. The molecule has 1 aromatic heterocycles. The number of aliphatic hydroxyl groups is 1. The largest absolute Gasteiger partial charge is 0.382 e. The summed E-state index contributed by atoms with van der Waals surface area (Å²) in [5.74, 6) is -0.966. The Morgan fingerprint density at radius 1 is 1.17 bits per heavy atom. The number of hydrogen-bond donors (Lipinski definition) is 3. The normalized spacial score (nSPS) is 24.0. The maximum atomic E-state index is 12.8. The zero-order valence-corrected chi connectivity index (χ0v) is 17.5. The maximum Gasteiger partial charge on any atom is 0.329 e. The van der Waals surface area contributed by atoms with E-state index in [1.807, 2.05) is 18.2 Å². The molecule has 160 valence electrons. The highest BCUT2D eigenvalue weighted by molar-refractivity contribution is 6.00. The Morgan fingerprint density at radius 2 is 1.86 bits per heavy atom. The Morgan fingerprint density at radius 3 is 2.48 bits per heavy atom. The van der Waals surface area contributed by atoms with Crippen LogP contribution in [0.4, 0.5) is 5.69 Å². The summed E-state index contributed by atoms with van der Waals surface area (Å²) >= 11 is 0. The van der Waals surface area contributed by atoms with E-state index in [9.17, 15) is 19.5 Å². The molecule has 1 atom stereocenters. The Labute approximate surface area is 179 Å². The lowest BCUT2D eigenvalue weighted by molar-refractivity contribution is -0.155. The summed E-state index contributed by atoms with van der Waals surface area (Å²) < 4.78 is 2.93. The van der Waals surface area contributed by atoms with Gasteiger partial charge in [0.25, 0.3) is 5.91 Å².